The van der Waals surface area contributed by atoms with Crippen LogP contribution in [0.1, 0.15) is 32.6 Å². The third-order valence-corrected chi connectivity index (χ3v) is 6.86. The van der Waals surface area contributed by atoms with Crippen molar-refractivity contribution < 1.29 is 18.3 Å². The van der Waals surface area contributed by atoms with E-state index in [1.54, 1.807) is 0 Å². The highest BCUT2D eigenvalue weighted by Crippen LogP contribution is 2.38. The van der Waals surface area contributed by atoms with Crippen LogP contribution >= 0.6 is 11.8 Å². The van der Waals surface area contributed by atoms with Gasteiger partial charge < -0.3 is 5.11 Å². The Bertz CT molecular complexity index is 419. The van der Waals surface area contributed by atoms with Crippen LogP contribution in [0.2, 0.25) is 0 Å². The Hall–Kier alpha value is -0.270. The molecule has 2 rings (SSSR count). The van der Waals surface area contributed by atoms with Crippen molar-refractivity contribution in [3.05, 3.63) is 0 Å². The molecule has 1 aliphatic heterocycles. The molecule has 1 heterocycles. The molecule has 5 nitrogen and oxygen atoms in total. The van der Waals surface area contributed by atoms with Crippen LogP contribution in [0, 0.1) is 5.92 Å². The molecule has 18 heavy (non-hydrogen) atoms. The molecule has 0 aromatic heterocycles. The lowest BCUT2D eigenvalue weighted by Crippen LogP contribution is -2.46. The van der Waals surface area contributed by atoms with E-state index < -0.39 is 22.0 Å². The first-order valence-corrected chi connectivity index (χ1v) is 8.97. The first kappa shape index (κ1) is 14.1. The molecule has 0 radical (unpaired) electrons. The Labute approximate surface area is 112 Å². The van der Waals surface area contributed by atoms with Crippen LogP contribution in [-0.4, -0.2) is 46.7 Å². The minimum absolute atomic E-state index is 0.123. The zero-order chi connectivity index (χ0) is 13.3. The van der Waals surface area contributed by atoms with Gasteiger partial charge >= 0.3 is 5.97 Å². The fourth-order valence-electron chi connectivity index (χ4n) is 2.23. The van der Waals surface area contributed by atoms with Crippen LogP contribution in [0.15, 0.2) is 0 Å². The van der Waals surface area contributed by atoms with E-state index in [-0.39, 0.29) is 17.0 Å². The van der Waals surface area contributed by atoms with Gasteiger partial charge in [0.1, 0.15) is 6.04 Å². The molecule has 2 fully saturated rings. The molecule has 2 atom stereocenters. The molecular weight excluding hydrogens is 274 g/mol. The zero-order valence-corrected chi connectivity index (χ0v) is 12.0. The topological polar surface area (TPSA) is 74.7 Å². The molecule has 0 aromatic carbocycles. The van der Waals surface area contributed by atoms with Gasteiger partial charge in [-0.05, 0) is 25.2 Å². The molecule has 2 aliphatic rings. The maximum Gasteiger partial charge on any atom is 0.322 e. The van der Waals surface area contributed by atoms with Crippen molar-refractivity contribution in [2.75, 3.05) is 11.5 Å². The van der Waals surface area contributed by atoms with Crippen molar-refractivity contribution in [3.8, 4) is 0 Å². The number of hydrogen-bond donors (Lipinski definition) is 1. The van der Waals surface area contributed by atoms with Crippen LogP contribution in [0.3, 0.4) is 0 Å². The molecule has 104 valence electrons. The lowest BCUT2D eigenvalue weighted by atomic mass is 10.3. The summed E-state index contributed by atoms with van der Waals surface area (Å²) in [6, 6.07) is -0.879. The standard InChI is InChI=1S/C11H19NO4S2/c1-2-3-10-12(9(6-17-10)11(13)14)18(15,16)7-8-4-5-8/h8-10H,2-7H2,1H3,(H,13,14). The van der Waals surface area contributed by atoms with Gasteiger partial charge in [-0.2, -0.15) is 4.31 Å². The highest BCUT2D eigenvalue weighted by Gasteiger charge is 2.46. The Balaban J connectivity index is 2.18. The molecule has 0 amide bonds. The average molecular weight is 293 g/mol. The Morgan fingerprint density at radius 1 is 1.44 bits per heavy atom. The predicted octanol–water partition coefficient (Wildman–Crippen LogP) is 1.35. The Morgan fingerprint density at radius 3 is 2.61 bits per heavy atom. The van der Waals surface area contributed by atoms with Gasteiger partial charge in [-0.1, -0.05) is 13.3 Å². The highest BCUT2D eigenvalue weighted by atomic mass is 32.2. The van der Waals surface area contributed by atoms with E-state index in [1.807, 2.05) is 6.92 Å². The molecule has 0 spiro atoms. The zero-order valence-electron chi connectivity index (χ0n) is 10.4. The van der Waals surface area contributed by atoms with Crippen molar-refractivity contribution in [2.24, 2.45) is 5.92 Å². The van der Waals surface area contributed by atoms with Crippen LogP contribution in [0.25, 0.3) is 0 Å². The lowest BCUT2D eigenvalue weighted by Gasteiger charge is -2.26. The number of rotatable bonds is 6. The van der Waals surface area contributed by atoms with Gasteiger partial charge in [-0.15, -0.1) is 11.8 Å². The van der Waals surface area contributed by atoms with E-state index in [1.165, 1.54) is 16.1 Å². The van der Waals surface area contributed by atoms with Gasteiger partial charge in [0.25, 0.3) is 0 Å². The van der Waals surface area contributed by atoms with Gasteiger partial charge in [0, 0.05) is 5.75 Å². The first-order chi connectivity index (χ1) is 8.45. The number of thioether (sulfide) groups is 1. The summed E-state index contributed by atoms with van der Waals surface area (Å²) in [4.78, 5) is 11.2. The summed E-state index contributed by atoms with van der Waals surface area (Å²) in [6.07, 6.45) is 3.49. The third kappa shape index (κ3) is 3.00. The second-order valence-electron chi connectivity index (χ2n) is 4.98. The van der Waals surface area contributed by atoms with E-state index in [9.17, 15) is 13.2 Å². The van der Waals surface area contributed by atoms with Gasteiger partial charge in [0.2, 0.25) is 10.0 Å². The monoisotopic (exact) mass is 293 g/mol. The number of hydrogen-bond acceptors (Lipinski definition) is 4. The third-order valence-electron chi connectivity index (χ3n) is 3.32. The fraction of sp³-hybridized carbons (Fsp3) is 0.909. The molecule has 2 unspecified atom stereocenters. The smallest absolute Gasteiger partial charge is 0.322 e. The number of sulfonamides is 1. The highest BCUT2D eigenvalue weighted by molar-refractivity contribution is 8.01. The first-order valence-electron chi connectivity index (χ1n) is 6.31. The number of aliphatic carboxylic acids is 1. The Morgan fingerprint density at radius 2 is 2.11 bits per heavy atom. The maximum absolute atomic E-state index is 12.3. The van der Waals surface area contributed by atoms with Crippen molar-refractivity contribution in [2.45, 2.75) is 44.0 Å². The molecule has 0 aromatic rings. The summed E-state index contributed by atoms with van der Waals surface area (Å²) in [5.74, 6) is -0.292. The number of carboxylic acids is 1. The minimum Gasteiger partial charge on any atom is -0.480 e. The van der Waals surface area contributed by atoms with Crippen molar-refractivity contribution >= 4 is 27.8 Å². The number of nitrogens with zero attached hydrogens (tertiary/aromatic N) is 1. The lowest BCUT2D eigenvalue weighted by molar-refractivity contribution is -0.140. The quantitative estimate of drug-likeness (QED) is 0.800. The largest absolute Gasteiger partial charge is 0.480 e. The molecule has 0 bridgehead atoms. The summed E-state index contributed by atoms with van der Waals surface area (Å²) in [7, 11) is -3.43. The van der Waals surface area contributed by atoms with E-state index >= 15 is 0 Å². The van der Waals surface area contributed by atoms with Crippen LogP contribution in [-0.2, 0) is 14.8 Å². The van der Waals surface area contributed by atoms with Gasteiger partial charge in [0.05, 0.1) is 11.1 Å². The van der Waals surface area contributed by atoms with E-state index in [2.05, 4.69) is 0 Å². The summed E-state index contributed by atoms with van der Waals surface area (Å²) in [6.45, 7) is 1.99. The van der Waals surface area contributed by atoms with E-state index in [4.69, 9.17) is 5.11 Å². The van der Waals surface area contributed by atoms with E-state index in [0.29, 0.717) is 5.75 Å². The SMILES string of the molecule is CCCC1SCC(C(=O)O)N1S(=O)(=O)CC1CC1. The summed E-state index contributed by atoms with van der Waals surface area (Å²) >= 11 is 1.45. The molecule has 1 saturated heterocycles. The van der Waals surface area contributed by atoms with Crippen molar-refractivity contribution in [1.82, 2.24) is 4.31 Å². The second-order valence-corrected chi connectivity index (χ2v) is 8.11. The summed E-state index contributed by atoms with van der Waals surface area (Å²) < 4.78 is 25.9. The molecule has 7 heteroatoms. The minimum atomic E-state index is -3.43. The second kappa shape index (κ2) is 5.38. The van der Waals surface area contributed by atoms with Gasteiger partial charge in [-0.3, -0.25) is 4.79 Å². The van der Waals surface area contributed by atoms with Crippen LogP contribution in [0.5, 0.6) is 0 Å². The van der Waals surface area contributed by atoms with Crippen molar-refractivity contribution in [3.63, 3.8) is 0 Å². The fourth-order valence-corrected chi connectivity index (χ4v) is 6.42. The average Bonchev–Trinajstić information content (AvgIpc) is 2.95. The van der Waals surface area contributed by atoms with Gasteiger partial charge in [-0.25, -0.2) is 8.42 Å². The normalized spacial score (nSPS) is 29.6. The predicted molar refractivity (Wildman–Crippen MR) is 70.9 cm³/mol. The Kier molecular flexibility index (Phi) is 4.23. The van der Waals surface area contributed by atoms with Crippen LogP contribution < -0.4 is 0 Å². The number of carbonyl (C=O) groups is 1. The molecule has 1 N–H and O–H groups in total. The van der Waals surface area contributed by atoms with Crippen molar-refractivity contribution in [1.29, 1.82) is 0 Å². The molecule has 1 aliphatic carbocycles. The van der Waals surface area contributed by atoms with E-state index in [0.717, 1.165) is 25.7 Å². The molecular formula is C11H19NO4S2. The van der Waals surface area contributed by atoms with Crippen LogP contribution in [0.4, 0.5) is 0 Å². The summed E-state index contributed by atoms with van der Waals surface area (Å²) in [5.41, 5.74) is 0. The summed E-state index contributed by atoms with van der Waals surface area (Å²) in [5, 5.41) is 8.97. The number of carboxylic acid groups (broad SMARTS) is 1. The molecule has 1 saturated carbocycles. The van der Waals surface area contributed by atoms with Gasteiger partial charge in [0.15, 0.2) is 0 Å². The maximum atomic E-state index is 12.3.